The number of benzene rings is 2. The predicted octanol–water partition coefficient (Wildman–Crippen LogP) is 3.12. The highest BCUT2D eigenvalue weighted by molar-refractivity contribution is 5.90. The van der Waals surface area contributed by atoms with Crippen molar-refractivity contribution in [1.82, 2.24) is 5.32 Å². The molecule has 7 heteroatoms. The van der Waals surface area contributed by atoms with E-state index < -0.39 is 12.1 Å². The summed E-state index contributed by atoms with van der Waals surface area (Å²) in [5.41, 5.74) is 1.68. The molecule has 1 aliphatic heterocycles. The smallest absolute Gasteiger partial charge is 0.331 e. The summed E-state index contributed by atoms with van der Waals surface area (Å²) < 4.78 is 21.5. The van der Waals surface area contributed by atoms with Gasteiger partial charge in [0.15, 0.2) is 17.6 Å². The SMILES string of the molecule is COc1ccc(CNC(=O)[C@@H](C)OC(=O)/C=C/c2ccc3c(c2)OCCCO3)cc1. The molecule has 2 aromatic carbocycles. The van der Waals surface area contributed by atoms with E-state index in [9.17, 15) is 9.59 Å². The molecule has 0 radical (unpaired) electrons. The van der Waals surface area contributed by atoms with Crippen molar-refractivity contribution in [2.24, 2.45) is 0 Å². The number of rotatable bonds is 7. The topological polar surface area (TPSA) is 83.1 Å². The van der Waals surface area contributed by atoms with Gasteiger partial charge in [0.2, 0.25) is 0 Å². The van der Waals surface area contributed by atoms with Crippen molar-refractivity contribution in [2.75, 3.05) is 20.3 Å². The number of esters is 1. The second-order valence-electron chi connectivity index (χ2n) is 6.73. The van der Waals surface area contributed by atoms with E-state index in [2.05, 4.69) is 5.32 Å². The molecule has 0 fully saturated rings. The van der Waals surface area contributed by atoms with Crippen LogP contribution < -0.4 is 19.5 Å². The van der Waals surface area contributed by atoms with E-state index in [-0.39, 0.29) is 5.91 Å². The lowest BCUT2D eigenvalue weighted by Crippen LogP contribution is -2.35. The van der Waals surface area contributed by atoms with Gasteiger partial charge in [0.25, 0.3) is 5.91 Å². The van der Waals surface area contributed by atoms with Crippen LogP contribution in [0.3, 0.4) is 0 Å². The Balaban J connectivity index is 1.48. The fourth-order valence-electron chi connectivity index (χ4n) is 2.79. The summed E-state index contributed by atoms with van der Waals surface area (Å²) in [6, 6.07) is 12.8. The highest BCUT2D eigenvalue weighted by Gasteiger charge is 2.16. The first-order valence-electron chi connectivity index (χ1n) is 9.74. The highest BCUT2D eigenvalue weighted by Crippen LogP contribution is 2.30. The van der Waals surface area contributed by atoms with Crippen LogP contribution in [0.5, 0.6) is 17.2 Å². The lowest BCUT2D eigenvalue weighted by atomic mass is 10.2. The number of nitrogens with one attached hydrogen (secondary N) is 1. The minimum absolute atomic E-state index is 0.331. The van der Waals surface area contributed by atoms with Gasteiger partial charge >= 0.3 is 5.97 Å². The summed E-state index contributed by atoms with van der Waals surface area (Å²) in [5.74, 6) is 1.11. The second-order valence-corrected chi connectivity index (χ2v) is 6.73. The Labute approximate surface area is 175 Å². The number of amides is 1. The van der Waals surface area contributed by atoms with Crippen LogP contribution in [0.2, 0.25) is 0 Å². The molecule has 2 aromatic rings. The Morgan fingerprint density at radius 1 is 1.10 bits per heavy atom. The number of fused-ring (bicyclic) bond motifs is 1. The van der Waals surface area contributed by atoms with Gasteiger partial charge in [-0.25, -0.2) is 4.79 Å². The van der Waals surface area contributed by atoms with E-state index >= 15 is 0 Å². The summed E-state index contributed by atoms with van der Waals surface area (Å²) in [7, 11) is 1.59. The molecule has 1 atom stereocenters. The number of carbonyl (C=O) groups excluding carboxylic acids is 2. The molecule has 0 bridgehead atoms. The molecule has 0 unspecified atom stereocenters. The van der Waals surface area contributed by atoms with Gasteiger partial charge in [-0.15, -0.1) is 0 Å². The average molecular weight is 411 g/mol. The first kappa shape index (κ1) is 21.2. The third-order valence-electron chi connectivity index (χ3n) is 4.47. The van der Waals surface area contributed by atoms with Crippen LogP contribution in [0.25, 0.3) is 6.08 Å². The lowest BCUT2D eigenvalue weighted by Gasteiger charge is -2.12. The predicted molar refractivity (Wildman–Crippen MR) is 111 cm³/mol. The Bertz CT molecular complexity index is 906. The van der Waals surface area contributed by atoms with E-state index in [1.54, 1.807) is 25.3 Å². The number of hydrogen-bond acceptors (Lipinski definition) is 6. The average Bonchev–Trinajstić information content (AvgIpc) is 3.01. The molecule has 1 amide bonds. The van der Waals surface area contributed by atoms with Crippen LogP contribution in [-0.4, -0.2) is 38.3 Å². The van der Waals surface area contributed by atoms with Gasteiger partial charge in [-0.3, -0.25) is 4.79 Å². The van der Waals surface area contributed by atoms with Crippen molar-refractivity contribution in [2.45, 2.75) is 26.0 Å². The molecule has 0 saturated carbocycles. The van der Waals surface area contributed by atoms with Crippen molar-refractivity contribution >= 4 is 18.0 Å². The molecule has 30 heavy (non-hydrogen) atoms. The molecule has 1 N–H and O–H groups in total. The molecule has 3 rings (SSSR count). The second kappa shape index (κ2) is 10.3. The zero-order valence-electron chi connectivity index (χ0n) is 17.1. The van der Waals surface area contributed by atoms with Gasteiger partial charge in [-0.2, -0.15) is 0 Å². The number of carbonyl (C=O) groups is 2. The monoisotopic (exact) mass is 411 g/mol. The first-order chi connectivity index (χ1) is 14.5. The summed E-state index contributed by atoms with van der Waals surface area (Å²) in [6.45, 7) is 3.07. The fourth-order valence-corrected chi connectivity index (χ4v) is 2.79. The van der Waals surface area contributed by atoms with Crippen LogP contribution in [-0.2, 0) is 20.9 Å². The van der Waals surface area contributed by atoms with Gasteiger partial charge < -0.3 is 24.3 Å². The highest BCUT2D eigenvalue weighted by atomic mass is 16.5. The summed E-state index contributed by atoms with van der Waals surface area (Å²) in [4.78, 5) is 24.2. The van der Waals surface area contributed by atoms with E-state index in [4.69, 9.17) is 18.9 Å². The maximum Gasteiger partial charge on any atom is 0.331 e. The third-order valence-corrected chi connectivity index (χ3v) is 4.47. The standard InChI is InChI=1S/C23H25NO6/c1-16(23(26)24-15-18-4-8-19(27-2)9-5-18)30-22(25)11-7-17-6-10-20-21(14-17)29-13-3-12-28-20/h4-11,14,16H,3,12-13,15H2,1-2H3,(H,24,26)/b11-7+/t16-/m1/s1. The maximum absolute atomic E-state index is 12.2. The Morgan fingerprint density at radius 3 is 2.57 bits per heavy atom. The number of hydrogen-bond donors (Lipinski definition) is 1. The quantitative estimate of drug-likeness (QED) is 0.557. The molecular formula is C23H25NO6. The van der Waals surface area contributed by atoms with Crippen LogP contribution in [0, 0.1) is 0 Å². The van der Waals surface area contributed by atoms with Crippen LogP contribution in [0.15, 0.2) is 48.5 Å². The molecule has 158 valence electrons. The molecule has 0 spiro atoms. The van der Waals surface area contributed by atoms with Crippen LogP contribution in [0.4, 0.5) is 0 Å². The van der Waals surface area contributed by atoms with Crippen molar-refractivity contribution in [3.8, 4) is 17.2 Å². The van der Waals surface area contributed by atoms with Gasteiger partial charge in [0, 0.05) is 19.0 Å². The zero-order chi connectivity index (χ0) is 21.3. The molecule has 7 nitrogen and oxygen atoms in total. The Hall–Kier alpha value is -3.48. The molecule has 0 aromatic heterocycles. The van der Waals surface area contributed by atoms with Gasteiger partial charge in [-0.05, 0) is 48.4 Å². The van der Waals surface area contributed by atoms with E-state index in [1.807, 2.05) is 30.3 Å². The van der Waals surface area contributed by atoms with Crippen molar-refractivity contribution in [3.05, 3.63) is 59.7 Å². The van der Waals surface area contributed by atoms with Crippen molar-refractivity contribution in [3.63, 3.8) is 0 Å². The van der Waals surface area contributed by atoms with Gasteiger partial charge in [0.1, 0.15) is 5.75 Å². The van der Waals surface area contributed by atoms with Crippen molar-refractivity contribution < 1.29 is 28.5 Å². The molecule has 0 aliphatic carbocycles. The lowest BCUT2D eigenvalue weighted by molar-refractivity contribution is -0.150. The summed E-state index contributed by atoms with van der Waals surface area (Å²) >= 11 is 0. The summed E-state index contributed by atoms with van der Waals surface area (Å²) in [5, 5.41) is 2.74. The molecule has 1 aliphatic rings. The van der Waals surface area contributed by atoms with Crippen LogP contribution in [0.1, 0.15) is 24.5 Å². The Morgan fingerprint density at radius 2 is 1.83 bits per heavy atom. The zero-order valence-corrected chi connectivity index (χ0v) is 17.1. The van der Waals surface area contributed by atoms with Crippen molar-refractivity contribution in [1.29, 1.82) is 0 Å². The Kier molecular flexibility index (Phi) is 7.32. The van der Waals surface area contributed by atoms with E-state index in [0.717, 1.165) is 23.3 Å². The van der Waals surface area contributed by atoms with E-state index in [0.29, 0.717) is 31.3 Å². The third kappa shape index (κ3) is 6.01. The van der Waals surface area contributed by atoms with Gasteiger partial charge in [0.05, 0.1) is 20.3 Å². The molecular weight excluding hydrogens is 386 g/mol. The molecule has 0 saturated heterocycles. The minimum atomic E-state index is -0.913. The van der Waals surface area contributed by atoms with E-state index in [1.165, 1.54) is 13.0 Å². The fraction of sp³-hybridized carbons (Fsp3) is 0.304. The maximum atomic E-state index is 12.2. The largest absolute Gasteiger partial charge is 0.497 e. The molecule has 1 heterocycles. The number of methoxy groups -OCH3 is 1. The summed E-state index contributed by atoms with van der Waals surface area (Å²) in [6.07, 6.45) is 2.81. The first-order valence-corrected chi connectivity index (χ1v) is 9.74. The minimum Gasteiger partial charge on any atom is -0.497 e. The van der Waals surface area contributed by atoms with Gasteiger partial charge in [-0.1, -0.05) is 18.2 Å². The normalized spacial score (nSPS) is 13.9. The number of ether oxygens (including phenoxy) is 4. The van der Waals surface area contributed by atoms with Crippen LogP contribution >= 0.6 is 0 Å².